The predicted octanol–water partition coefficient (Wildman–Crippen LogP) is 4.48. The molecule has 8 heteroatoms. The highest BCUT2D eigenvalue weighted by Gasteiger charge is 2.04. The first-order chi connectivity index (χ1) is 11.1. The first kappa shape index (κ1) is 16.2. The van der Waals surface area contributed by atoms with Crippen molar-refractivity contribution in [1.82, 2.24) is 0 Å². The lowest BCUT2D eigenvalue weighted by molar-refractivity contribution is -0.209. The third-order valence-electron chi connectivity index (χ3n) is 2.75. The highest BCUT2D eigenvalue weighted by atomic mass is 35.5. The van der Waals surface area contributed by atoms with Crippen molar-refractivity contribution in [1.29, 1.82) is 0 Å². The van der Waals surface area contributed by atoms with Crippen molar-refractivity contribution in [3.8, 4) is 11.5 Å². The van der Waals surface area contributed by atoms with Crippen LogP contribution >= 0.6 is 11.6 Å². The average Bonchev–Trinajstić information content (AvgIpc) is 2.54. The number of phenolic OH excluding ortho intramolecular Hbond substituents is 1. The number of benzene rings is 2. The van der Waals surface area contributed by atoms with Crippen molar-refractivity contribution >= 4 is 23.5 Å². The van der Waals surface area contributed by atoms with Gasteiger partial charge in [-0.2, -0.15) is 0 Å². The zero-order chi connectivity index (χ0) is 16.7. The Balaban J connectivity index is 2.08. The first-order valence-electron chi connectivity index (χ1n) is 6.29. The zero-order valence-corrected chi connectivity index (χ0v) is 12.3. The van der Waals surface area contributed by atoms with Crippen molar-refractivity contribution in [3.63, 3.8) is 0 Å². The van der Waals surface area contributed by atoms with E-state index in [-0.39, 0.29) is 17.3 Å². The summed E-state index contributed by atoms with van der Waals surface area (Å²) in [6.45, 7) is 0. The normalized spacial score (nSPS) is 10.1. The fourth-order valence-electron chi connectivity index (χ4n) is 1.67. The highest BCUT2D eigenvalue weighted by Crippen LogP contribution is 2.25. The third kappa shape index (κ3) is 4.67. The molecule has 0 aliphatic carbocycles. The summed E-state index contributed by atoms with van der Waals surface area (Å²) >= 11 is 5.76. The highest BCUT2D eigenvalue weighted by molar-refractivity contribution is 6.30. The lowest BCUT2D eigenvalue weighted by Crippen LogP contribution is -1.93. The van der Waals surface area contributed by atoms with E-state index in [0.717, 1.165) is 0 Å². The second-order valence-electron chi connectivity index (χ2n) is 4.25. The van der Waals surface area contributed by atoms with Gasteiger partial charge in [-0.1, -0.05) is 11.6 Å². The molecule has 2 aromatic rings. The molecule has 0 aliphatic rings. The number of ketones is 1. The lowest BCUT2D eigenvalue weighted by atomic mass is 10.1. The van der Waals surface area contributed by atoms with Crippen LogP contribution in [0.1, 0.15) is 15.9 Å². The first-order valence-corrected chi connectivity index (χ1v) is 6.67. The van der Waals surface area contributed by atoms with Crippen LogP contribution in [0.3, 0.4) is 0 Å². The summed E-state index contributed by atoms with van der Waals surface area (Å²) in [5, 5.41) is 13.1. The van der Waals surface area contributed by atoms with Gasteiger partial charge >= 0.3 is 0 Å². The molecule has 0 radical (unpaired) electrons. The van der Waals surface area contributed by atoms with Crippen LogP contribution in [-0.4, -0.2) is 10.9 Å². The van der Waals surface area contributed by atoms with E-state index in [1.165, 1.54) is 30.4 Å². The SMILES string of the molecule is [N-]=[N+]=NOOc1ccc(/C=C/C(=O)c2ccc(Cl)cc2)c(O)c1. The van der Waals surface area contributed by atoms with E-state index in [2.05, 4.69) is 20.1 Å². The molecule has 0 heterocycles. The van der Waals surface area contributed by atoms with Crippen LogP contribution in [0.15, 0.2) is 53.8 Å². The second-order valence-corrected chi connectivity index (χ2v) is 4.69. The summed E-state index contributed by atoms with van der Waals surface area (Å²) in [6.07, 6.45) is 2.79. The number of hydrogen-bond acceptors (Lipinski definition) is 5. The molecule has 0 amide bonds. The molecule has 0 fully saturated rings. The smallest absolute Gasteiger partial charge is 0.185 e. The number of azide groups is 1. The quantitative estimate of drug-likeness (QED) is 0.160. The van der Waals surface area contributed by atoms with E-state index in [1.807, 2.05) is 0 Å². The van der Waals surface area contributed by atoms with Gasteiger partial charge in [-0.05, 0) is 54.1 Å². The number of nitrogens with zero attached hydrogens (tertiary/aromatic N) is 3. The van der Waals surface area contributed by atoms with E-state index in [1.54, 1.807) is 24.3 Å². The second kappa shape index (κ2) is 7.74. The van der Waals surface area contributed by atoms with Gasteiger partial charge in [-0.25, -0.2) is 4.99 Å². The van der Waals surface area contributed by atoms with E-state index >= 15 is 0 Å². The van der Waals surface area contributed by atoms with Crippen LogP contribution in [-0.2, 0) is 4.99 Å². The van der Waals surface area contributed by atoms with Crippen molar-refractivity contribution in [3.05, 3.63) is 75.1 Å². The fraction of sp³-hybridized carbons (Fsp3) is 0. The molecule has 116 valence electrons. The molecule has 0 saturated heterocycles. The molecular formula is C15H10ClN3O4. The van der Waals surface area contributed by atoms with Crippen LogP contribution in [0, 0.1) is 0 Å². The van der Waals surface area contributed by atoms with Crippen molar-refractivity contribution in [2.75, 3.05) is 0 Å². The monoisotopic (exact) mass is 331 g/mol. The molecule has 0 unspecified atom stereocenters. The van der Waals surface area contributed by atoms with Gasteiger partial charge in [-0.15, -0.1) is 0 Å². The number of aromatic hydroxyl groups is 1. The van der Waals surface area contributed by atoms with Gasteiger partial charge in [0.1, 0.15) is 5.75 Å². The standard InChI is InChI=1S/C15H10ClN3O4/c16-12-5-1-10(2-6-12)14(20)8-4-11-3-7-13(9-15(11)21)22-23-19-18-17/h1-9,21H/b8-4+. The number of carbonyl (C=O) groups is 1. The Morgan fingerprint density at radius 3 is 2.65 bits per heavy atom. The van der Waals surface area contributed by atoms with E-state index in [9.17, 15) is 9.90 Å². The molecule has 0 spiro atoms. The maximum Gasteiger partial charge on any atom is 0.185 e. The number of hydrogen-bond donors (Lipinski definition) is 1. The molecule has 1 N–H and O–H groups in total. The van der Waals surface area contributed by atoms with Gasteiger partial charge in [0.2, 0.25) is 0 Å². The molecule has 0 atom stereocenters. The molecule has 0 aliphatic heterocycles. The van der Waals surface area contributed by atoms with Crippen molar-refractivity contribution < 1.29 is 19.8 Å². The Labute approximate surface area is 135 Å². The minimum atomic E-state index is -0.229. The van der Waals surface area contributed by atoms with Crippen LogP contribution in [0.25, 0.3) is 16.5 Å². The number of carbonyl (C=O) groups excluding carboxylic acids is 1. The number of halogens is 1. The number of allylic oxidation sites excluding steroid dienone is 1. The summed E-state index contributed by atoms with van der Waals surface area (Å²) in [6, 6.07) is 10.7. The van der Waals surface area contributed by atoms with Gasteiger partial charge < -0.3 is 5.11 Å². The summed E-state index contributed by atoms with van der Waals surface area (Å²) < 4.78 is 0. The summed E-state index contributed by atoms with van der Waals surface area (Å²) in [7, 11) is 0. The molecular weight excluding hydrogens is 322 g/mol. The van der Waals surface area contributed by atoms with Crippen molar-refractivity contribution in [2.24, 2.45) is 5.28 Å². The van der Waals surface area contributed by atoms with E-state index < -0.39 is 0 Å². The molecule has 0 bridgehead atoms. The lowest BCUT2D eigenvalue weighted by Gasteiger charge is -2.03. The van der Waals surface area contributed by atoms with Crippen molar-refractivity contribution in [2.45, 2.75) is 0 Å². The summed E-state index contributed by atoms with van der Waals surface area (Å²) in [5.74, 6) is -0.226. The van der Waals surface area contributed by atoms with Gasteiger partial charge in [0, 0.05) is 27.1 Å². The fourth-order valence-corrected chi connectivity index (χ4v) is 1.79. The van der Waals surface area contributed by atoms with E-state index in [4.69, 9.17) is 17.1 Å². The van der Waals surface area contributed by atoms with Gasteiger partial charge in [0.15, 0.2) is 16.8 Å². The Morgan fingerprint density at radius 1 is 1.26 bits per heavy atom. The summed E-state index contributed by atoms with van der Waals surface area (Å²) in [5.41, 5.74) is 8.92. The Hall–Kier alpha value is -3.15. The maximum absolute atomic E-state index is 12.0. The molecule has 0 saturated carbocycles. The Kier molecular flexibility index (Phi) is 5.46. The van der Waals surface area contributed by atoms with Crippen LogP contribution < -0.4 is 4.89 Å². The van der Waals surface area contributed by atoms with Crippen LogP contribution in [0.2, 0.25) is 5.02 Å². The molecule has 23 heavy (non-hydrogen) atoms. The topological polar surface area (TPSA) is 105 Å². The Bertz CT molecular complexity index is 784. The molecule has 0 aromatic heterocycles. The average molecular weight is 332 g/mol. The van der Waals surface area contributed by atoms with Gasteiger partial charge in [0.25, 0.3) is 0 Å². The molecule has 2 aromatic carbocycles. The zero-order valence-electron chi connectivity index (χ0n) is 11.6. The minimum absolute atomic E-state index is 0.132. The Morgan fingerprint density at radius 2 is 2.00 bits per heavy atom. The molecule has 7 nitrogen and oxygen atoms in total. The van der Waals surface area contributed by atoms with Crippen LogP contribution in [0.4, 0.5) is 0 Å². The van der Waals surface area contributed by atoms with Gasteiger partial charge in [0.05, 0.1) is 0 Å². The number of rotatable bonds is 6. The predicted molar refractivity (Wildman–Crippen MR) is 83.8 cm³/mol. The van der Waals surface area contributed by atoms with Gasteiger partial charge in [-0.3, -0.25) is 9.68 Å². The third-order valence-corrected chi connectivity index (χ3v) is 3.00. The summed E-state index contributed by atoms with van der Waals surface area (Å²) in [4.78, 5) is 23.1. The van der Waals surface area contributed by atoms with E-state index in [0.29, 0.717) is 16.1 Å². The maximum atomic E-state index is 12.0. The minimum Gasteiger partial charge on any atom is -0.507 e. The van der Waals surface area contributed by atoms with Crippen LogP contribution in [0.5, 0.6) is 11.5 Å². The molecule has 2 rings (SSSR count). The number of phenols is 1. The largest absolute Gasteiger partial charge is 0.507 e.